The molecule has 1 rings (SSSR count). The normalized spacial score (nSPS) is 11.3. The highest BCUT2D eigenvalue weighted by Gasteiger charge is 2.25. The first-order valence-corrected chi connectivity index (χ1v) is 6.75. The summed E-state index contributed by atoms with van der Waals surface area (Å²) >= 11 is 0. The van der Waals surface area contributed by atoms with Crippen LogP contribution in [0.1, 0.15) is 26.7 Å². The van der Waals surface area contributed by atoms with E-state index in [1.165, 1.54) is 0 Å². The molecule has 0 aliphatic heterocycles. The van der Waals surface area contributed by atoms with E-state index in [4.69, 9.17) is 5.84 Å². The van der Waals surface area contributed by atoms with Crippen LogP contribution in [0, 0.1) is 5.41 Å². The number of aromatic nitrogens is 3. The van der Waals surface area contributed by atoms with E-state index in [0.29, 0.717) is 24.4 Å². The minimum Gasteiger partial charge on any atom is -0.396 e. The summed E-state index contributed by atoms with van der Waals surface area (Å²) in [5.74, 6) is 6.61. The number of nitrogens with two attached hydrogens (primary N) is 1. The van der Waals surface area contributed by atoms with Crippen LogP contribution in [-0.4, -0.2) is 47.3 Å². The molecule has 0 unspecified atom stereocenters. The Morgan fingerprint density at radius 3 is 2.20 bits per heavy atom. The average molecular weight is 283 g/mol. The molecule has 1 heterocycles. The number of nitrogens with one attached hydrogen (secondary N) is 2. The molecule has 0 saturated carbocycles. The molecule has 0 aliphatic rings. The standard InChI is InChI=1S/C12H25N7O/c1-5-12(6-2,8-20)7-14-9-15-10(18-13)17-11(16-9)19(3)4/h20H,5-8,13H2,1-4H3,(H2,14,15,16,17,18). The Bertz CT molecular complexity index is 412. The fraction of sp³-hybridized carbons (Fsp3) is 0.750. The minimum absolute atomic E-state index is 0.126. The zero-order chi connectivity index (χ0) is 15.2. The van der Waals surface area contributed by atoms with Crippen LogP contribution in [0.5, 0.6) is 0 Å². The molecule has 8 heteroatoms. The van der Waals surface area contributed by atoms with Crippen LogP contribution in [0.4, 0.5) is 17.8 Å². The molecule has 0 radical (unpaired) electrons. The largest absolute Gasteiger partial charge is 0.396 e. The van der Waals surface area contributed by atoms with Crippen molar-refractivity contribution >= 4 is 17.8 Å². The number of rotatable bonds is 8. The van der Waals surface area contributed by atoms with Crippen molar-refractivity contribution in [1.29, 1.82) is 0 Å². The first-order valence-electron chi connectivity index (χ1n) is 6.75. The number of nitrogen functional groups attached to an aromatic ring is 1. The number of nitrogens with zero attached hydrogens (tertiary/aromatic N) is 4. The van der Waals surface area contributed by atoms with Gasteiger partial charge in [0.1, 0.15) is 0 Å². The zero-order valence-corrected chi connectivity index (χ0v) is 12.6. The van der Waals surface area contributed by atoms with Gasteiger partial charge < -0.3 is 15.3 Å². The number of aliphatic hydroxyl groups is 1. The smallest absolute Gasteiger partial charge is 0.243 e. The summed E-state index contributed by atoms with van der Waals surface area (Å²) in [5, 5.41) is 12.7. The summed E-state index contributed by atoms with van der Waals surface area (Å²) in [6.07, 6.45) is 1.75. The van der Waals surface area contributed by atoms with Crippen molar-refractivity contribution in [2.24, 2.45) is 11.3 Å². The van der Waals surface area contributed by atoms with Crippen LogP contribution in [0.15, 0.2) is 0 Å². The van der Waals surface area contributed by atoms with E-state index >= 15 is 0 Å². The quantitative estimate of drug-likeness (QED) is 0.401. The van der Waals surface area contributed by atoms with Crippen molar-refractivity contribution in [3.63, 3.8) is 0 Å². The Hall–Kier alpha value is -1.67. The van der Waals surface area contributed by atoms with E-state index in [0.717, 1.165) is 12.8 Å². The van der Waals surface area contributed by atoms with Crippen LogP contribution in [0.3, 0.4) is 0 Å². The maximum absolute atomic E-state index is 9.56. The van der Waals surface area contributed by atoms with Gasteiger partial charge >= 0.3 is 0 Å². The fourth-order valence-corrected chi connectivity index (χ4v) is 1.75. The molecule has 8 nitrogen and oxygen atoms in total. The third-order valence-electron chi connectivity index (χ3n) is 3.61. The van der Waals surface area contributed by atoms with Gasteiger partial charge in [-0.3, -0.25) is 5.43 Å². The van der Waals surface area contributed by atoms with Crippen molar-refractivity contribution < 1.29 is 5.11 Å². The molecule has 0 spiro atoms. The Morgan fingerprint density at radius 1 is 1.15 bits per heavy atom. The number of aliphatic hydroxyl groups excluding tert-OH is 1. The molecule has 114 valence electrons. The van der Waals surface area contributed by atoms with E-state index in [1.54, 1.807) is 4.90 Å². The van der Waals surface area contributed by atoms with Gasteiger partial charge in [0.25, 0.3) is 0 Å². The van der Waals surface area contributed by atoms with Crippen molar-refractivity contribution in [3.8, 4) is 0 Å². The van der Waals surface area contributed by atoms with Gasteiger partial charge in [-0.05, 0) is 12.8 Å². The zero-order valence-electron chi connectivity index (χ0n) is 12.6. The van der Waals surface area contributed by atoms with Crippen molar-refractivity contribution in [2.75, 3.05) is 42.9 Å². The monoisotopic (exact) mass is 283 g/mol. The lowest BCUT2D eigenvalue weighted by Crippen LogP contribution is -2.33. The Morgan fingerprint density at radius 2 is 1.75 bits per heavy atom. The van der Waals surface area contributed by atoms with Crippen LogP contribution >= 0.6 is 0 Å². The summed E-state index contributed by atoms with van der Waals surface area (Å²) in [4.78, 5) is 14.4. The third-order valence-corrected chi connectivity index (χ3v) is 3.61. The molecular weight excluding hydrogens is 258 g/mol. The SMILES string of the molecule is CCC(CC)(CO)CNc1nc(NN)nc(N(C)C)n1. The summed E-state index contributed by atoms with van der Waals surface area (Å²) < 4.78 is 0. The second-order valence-corrected chi connectivity index (χ2v) is 5.04. The second-order valence-electron chi connectivity index (χ2n) is 5.04. The first-order chi connectivity index (χ1) is 9.50. The maximum atomic E-state index is 9.56. The molecule has 0 bridgehead atoms. The number of hydrogen-bond acceptors (Lipinski definition) is 8. The van der Waals surface area contributed by atoms with Crippen molar-refractivity contribution in [3.05, 3.63) is 0 Å². The highest BCUT2D eigenvalue weighted by molar-refractivity contribution is 5.42. The van der Waals surface area contributed by atoms with E-state index < -0.39 is 0 Å². The van der Waals surface area contributed by atoms with Gasteiger partial charge in [0.05, 0.1) is 6.61 Å². The molecule has 1 aromatic heterocycles. The van der Waals surface area contributed by atoms with Gasteiger partial charge in [0.15, 0.2) is 0 Å². The summed E-state index contributed by atoms with van der Waals surface area (Å²) in [6, 6.07) is 0. The molecule has 0 amide bonds. The molecular formula is C12H25N7O. The van der Waals surface area contributed by atoms with Crippen molar-refractivity contribution in [1.82, 2.24) is 15.0 Å². The summed E-state index contributed by atoms with van der Waals surface area (Å²) in [5.41, 5.74) is 2.26. The average Bonchev–Trinajstić information content (AvgIpc) is 2.48. The molecule has 0 aliphatic carbocycles. The third kappa shape index (κ3) is 3.91. The van der Waals surface area contributed by atoms with Crippen LogP contribution in [0.2, 0.25) is 0 Å². The van der Waals surface area contributed by atoms with E-state index in [9.17, 15) is 5.11 Å². The lowest BCUT2D eigenvalue weighted by molar-refractivity contribution is 0.127. The maximum Gasteiger partial charge on any atom is 0.243 e. The molecule has 0 aromatic carbocycles. The van der Waals surface area contributed by atoms with Gasteiger partial charge in [-0.25, -0.2) is 5.84 Å². The van der Waals surface area contributed by atoms with Crippen LogP contribution < -0.4 is 21.5 Å². The minimum atomic E-state index is -0.165. The van der Waals surface area contributed by atoms with Crippen molar-refractivity contribution in [2.45, 2.75) is 26.7 Å². The molecule has 0 atom stereocenters. The molecule has 0 saturated heterocycles. The van der Waals surface area contributed by atoms with E-state index in [1.807, 2.05) is 14.1 Å². The van der Waals surface area contributed by atoms with E-state index in [-0.39, 0.29) is 12.0 Å². The molecule has 1 aromatic rings. The van der Waals surface area contributed by atoms with Gasteiger partial charge in [-0.2, -0.15) is 15.0 Å². The molecule has 5 N–H and O–H groups in total. The van der Waals surface area contributed by atoms with E-state index in [2.05, 4.69) is 39.5 Å². The lowest BCUT2D eigenvalue weighted by Gasteiger charge is -2.29. The second kappa shape index (κ2) is 7.20. The number of anilines is 3. The Labute approximate surface area is 119 Å². The highest BCUT2D eigenvalue weighted by Crippen LogP contribution is 2.25. The predicted octanol–water partition coefficient (Wildman–Crippen LogP) is 0.434. The Kier molecular flexibility index (Phi) is 5.90. The lowest BCUT2D eigenvalue weighted by atomic mass is 9.83. The molecule has 0 fully saturated rings. The van der Waals surface area contributed by atoms with Gasteiger partial charge in [0, 0.05) is 26.1 Å². The summed E-state index contributed by atoms with van der Waals surface area (Å²) in [6.45, 7) is 4.85. The molecule has 20 heavy (non-hydrogen) atoms. The number of hydrazine groups is 1. The Balaban J connectivity index is 2.89. The number of hydrogen-bond donors (Lipinski definition) is 4. The van der Waals surface area contributed by atoms with Gasteiger partial charge in [-0.15, -0.1) is 0 Å². The fourth-order valence-electron chi connectivity index (χ4n) is 1.75. The predicted molar refractivity (Wildman–Crippen MR) is 80.6 cm³/mol. The highest BCUT2D eigenvalue weighted by atomic mass is 16.3. The van der Waals surface area contributed by atoms with Gasteiger partial charge in [-0.1, -0.05) is 13.8 Å². The van der Waals surface area contributed by atoms with Gasteiger partial charge in [0.2, 0.25) is 17.8 Å². The summed E-state index contributed by atoms with van der Waals surface area (Å²) in [7, 11) is 3.69. The van der Waals surface area contributed by atoms with Crippen LogP contribution in [0.25, 0.3) is 0 Å². The van der Waals surface area contributed by atoms with Crippen LogP contribution in [-0.2, 0) is 0 Å². The topological polar surface area (TPSA) is 112 Å². The first kappa shape index (κ1) is 16.4.